The van der Waals surface area contributed by atoms with Crippen LogP contribution in [0.4, 0.5) is 24.8 Å². The van der Waals surface area contributed by atoms with Crippen LogP contribution in [0.5, 0.6) is 5.75 Å². The van der Waals surface area contributed by atoms with Crippen LogP contribution in [0, 0.1) is 0 Å². The SMILES string of the molecule is CS(=O)(=O)c1ccc(Nc2nc3cc(Cl)ccn3n2)c(OCC(F)(F)F)c1. The first-order valence-corrected chi connectivity index (χ1v) is 9.61. The van der Waals surface area contributed by atoms with E-state index in [0.717, 1.165) is 12.3 Å². The Morgan fingerprint density at radius 3 is 2.67 bits per heavy atom. The molecule has 27 heavy (non-hydrogen) atoms. The van der Waals surface area contributed by atoms with Crippen molar-refractivity contribution in [2.45, 2.75) is 11.1 Å². The van der Waals surface area contributed by atoms with Crippen LogP contribution in [-0.4, -0.2) is 42.1 Å². The first-order valence-electron chi connectivity index (χ1n) is 7.34. The molecule has 0 fully saturated rings. The topological polar surface area (TPSA) is 85.6 Å². The summed E-state index contributed by atoms with van der Waals surface area (Å²) in [6.07, 6.45) is -2.09. The average molecular weight is 421 g/mol. The van der Waals surface area contributed by atoms with E-state index in [1.54, 1.807) is 18.3 Å². The molecule has 0 amide bonds. The lowest BCUT2D eigenvalue weighted by Crippen LogP contribution is -2.19. The summed E-state index contributed by atoms with van der Waals surface area (Å²) in [5.41, 5.74) is 0.490. The maximum Gasteiger partial charge on any atom is 0.422 e. The Bertz CT molecular complexity index is 1100. The molecule has 1 aromatic carbocycles. The first-order chi connectivity index (χ1) is 12.5. The second kappa shape index (κ2) is 6.89. The monoisotopic (exact) mass is 420 g/mol. The van der Waals surface area contributed by atoms with Gasteiger partial charge in [0.2, 0.25) is 5.95 Å². The van der Waals surface area contributed by atoms with Crippen LogP contribution in [0.25, 0.3) is 5.65 Å². The number of aromatic nitrogens is 3. The predicted molar refractivity (Wildman–Crippen MR) is 92.4 cm³/mol. The molecule has 3 rings (SSSR count). The Labute approximate surface area is 156 Å². The van der Waals surface area contributed by atoms with Crippen molar-refractivity contribution >= 4 is 38.7 Å². The summed E-state index contributed by atoms with van der Waals surface area (Å²) in [5.74, 6) is -0.228. The molecule has 0 unspecified atom stereocenters. The van der Waals surface area contributed by atoms with Gasteiger partial charge in [-0.05, 0) is 18.2 Å². The lowest BCUT2D eigenvalue weighted by atomic mass is 10.3. The van der Waals surface area contributed by atoms with Crippen molar-refractivity contribution in [3.05, 3.63) is 41.6 Å². The highest BCUT2D eigenvalue weighted by Crippen LogP contribution is 2.31. The fraction of sp³-hybridized carbons (Fsp3) is 0.200. The van der Waals surface area contributed by atoms with E-state index >= 15 is 0 Å². The molecule has 7 nitrogen and oxygen atoms in total. The maximum atomic E-state index is 12.5. The summed E-state index contributed by atoms with van der Waals surface area (Å²) < 4.78 is 67.0. The number of nitrogens with zero attached hydrogens (tertiary/aromatic N) is 3. The van der Waals surface area contributed by atoms with Gasteiger partial charge in [-0.25, -0.2) is 12.9 Å². The maximum absolute atomic E-state index is 12.5. The Kier molecular flexibility index (Phi) is 4.91. The number of anilines is 2. The number of rotatable bonds is 5. The van der Waals surface area contributed by atoms with Crippen LogP contribution in [0.2, 0.25) is 5.02 Å². The third-order valence-electron chi connectivity index (χ3n) is 3.32. The molecular weight excluding hydrogens is 409 g/mol. The van der Waals surface area contributed by atoms with Crippen molar-refractivity contribution in [3.8, 4) is 5.75 Å². The van der Waals surface area contributed by atoms with Crippen molar-refractivity contribution in [1.82, 2.24) is 14.6 Å². The molecule has 0 bridgehead atoms. The number of alkyl halides is 3. The summed E-state index contributed by atoms with van der Waals surface area (Å²) >= 11 is 5.87. The standard InChI is InChI=1S/C15H12ClF3N4O3S/c1-27(24,25)10-2-3-11(12(7-10)26-8-15(17,18)19)20-14-21-13-6-9(16)4-5-23(13)22-14/h2-7H,8H2,1H3,(H,20,22). The normalized spacial score (nSPS) is 12.3. The number of pyridine rings is 1. The minimum atomic E-state index is -4.59. The molecule has 0 aliphatic carbocycles. The van der Waals surface area contributed by atoms with Gasteiger partial charge < -0.3 is 10.1 Å². The number of ether oxygens (including phenoxy) is 1. The first kappa shape index (κ1) is 19.2. The van der Waals surface area contributed by atoms with Gasteiger partial charge in [-0.15, -0.1) is 5.10 Å². The number of hydrogen-bond donors (Lipinski definition) is 1. The van der Waals surface area contributed by atoms with Gasteiger partial charge in [0.25, 0.3) is 0 Å². The van der Waals surface area contributed by atoms with Crippen molar-refractivity contribution in [2.75, 3.05) is 18.2 Å². The van der Waals surface area contributed by atoms with E-state index in [0.29, 0.717) is 10.7 Å². The number of hydrogen-bond acceptors (Lipinski definition) is 6. The summed E-state index contributed by atoms with van der Waals surface area (Å²) in [6.45, 7) is -1.58. The van der Waals surface area contributed by atoms with Gasteiger partial charge in [-0.2, -0.15) is 18.2 Å². The molecule has 2 heterocycles. The minimum absolute atomic E-state index is 0.0706. The van der Waals surface area contributed by atoms with E-state index in [9.17, 15) is 21.6 Å². The summed E-state index contributed by atoms with van der Waals surface area (Å²) in [5, 5.41) is 7.27. The van der Waals surface area contributed by atoms with Gasteiger partial charge in [0, 0.05) is 29.6 Å². The smallest absolute Gasteiger partial charge is 0.422 e. The highest BCUT2D eigenvalue weighted by atomic mass is 35.5. The molecule has 3 aromatic rings. The molecule has 144 valence electrons. The van der Waals surface area contributed by atoms with Crippen LogP contribution in [0.3, 0.4) is 0 Å². The van der Waals surface area contributed by atoms with Crippen molar-refractivity contribution in [2.24, 2.45) is 0 Å². The van der Waals surface area contributed by atoms with Crippen LogP contribution in [0.1, 0.15) is 0 Å². The number of sulfone groups is 1. The Hall–Kier alpha value is -2.53. The van der Waals surface area contributed by atoms with Crippen LogP contribution >= 0.6 is 11.6 Å². The fourth-order valence-corrected chi connectivity index (χ4v) is 2.94. The molecule has 12 heteroatoms. The third kappa shape index (κ3) is 4.80. The van der Waals surface area contributed by atoms with E-state index in [4.69, 9.17) is 16.3 Å². The van der Waals surface area contributed by atoms with E-state index in [1.807, 2.05) is 0 Å². The Balaban J connectivity index is 1.96. The quantitative estimate of drug-likeness (QED) is 0.680. The molecule has 0 atom stereocenters. The van der Waals surface area contributed by atoms with E-state index in [1.165, 1.54) is 16.6 Å². The zero-order chi connectivity index (χ0) is 19.8. The van der Waals surface area contributed by atoms with Gasteiger partial charge in [0.05, 0.1) is 10.6 Å². The van der Waals surface area contributed by atoms with Crippen LogP contribution in [-0.2, 0) is 9.84 Å². The van der Waals surface area contributed by atoms with Crippen molar-refractivity contribution in [3.63, 3.8) is 0 Å². The molecular formula is C15H12ClF3N4O3S. The zero-order valence-corrected chi connectivity index (χ0v) is 15.2. The average Bonchev–Trinajstić information content (AvgIpc) is 2.93. The van der Waals surface area contributed by atoms with E-state index in [2.05, 4.69) is 15.4 Å². The number of nitrogens with one attached hydrogen (secondary N) is 1. The van der Waals surface area contributed by atoms with Gasteiger partial charge in [0.1, 0.15) is 5.75 Å². The Morgan fingerprint density at radius 1 is 1.26 bits per heavy atom. The summed E-state index contributed by atoms with van der Waals surface area (Å²) in [4.78, 5) is 3.97. The molecule has 0 aliphatic rings. The van der Waals surface area contributed by atoms with Gasteiger partial charge in [-0.1, -0.05) is 11.6 Å². The van der Waals surface area contributed by atoms with Gasteiger partial charge >= 0.3 is 6.18 Å². The minimum Gasteiger partial charge on any atom is -0.482 e. The number of benzene rings is 1. The molecule has 1 N–H and O–H groups in total. The second-order valence-electron chi connectivity index (χ2n) is 5.54. The number of halogens is 4. The molecule has 2 aromatic heterocycles. The highest BCUT2D eigenvalue weighted by molar-refractivity contribution is 7.90. The lowest BCUT2D eigenvalue weighted by Gasteiger charge is -2.14. The molecule has 0 spiro atoms. The van der Waals surface area contributed by atoms with Crippen molar-refractivity contribution in [1.29, 1.82) is 0 Å². The Morgan fingerprint density at radius 2 is 2.00 bits per heavy atom. The highest BCUT2D eigenvalue weighted by Gasteiger charge is 2.29. The van der Waals surface area contributed by atoms with Gasteiger partial charge in [0.15, 0.2) is 22.1 Å². The fourth-order valence-electron chi connectivity index (χ4n) is 2.15. The lowest BCUT2D eigenvalue weighted by molar-refractivity contribution is -0.153. The van der Waals surface area contributed by atoms with Gasteiger partial charge in [-0.3, -0.25) is 0 Å². The van der Waals surface area contributed by atoms with Crippen LogP contribution in [0.15, 0.2) is 41.4 Å². The largest absolute Gasteiger partial charge is 0.482 e. The molecule has 0 saturated carbocycles. The molecule has 0 radical (unpaired) electrons. The van der Waals surface area contributed by atoms with E-state index in [-0.39, 0.29) is 22.3 Å². The predicted octanol–water partition coefficient (Wildman–Crippen LogP) is 3.47. The zero-order valence-electron chi connectivity index (χ0n) is 13.7. The summed E-state index contributed by atoms with van der Waals surface area (Å²) in [6, 6.07) is 6.67. The third-order valence-corrected chi connectivity index (χ3v) is 4.66. The molecule has 0 saturated heterocycles. The summed E-state index contributed by atoms with van der Waals surface area (Å²) in [7, 11) is -3.63. The number of fused-ring (bicyclic) bond motifs is 1. The second-order valence-corrected chi connectivity index (χ2v) is 7.99. The van der Waals surface area contributed by atoms with Crippen molar-refractivity contribution < 1.29 is 26.3 Å². The molecule has 0 aliphatic heterocycles. The van der Waals surface area contributed by atoms with Crippen LogP contribution < -0.4 is 10.1 Å². The van der Waals surface area contributed by atoms with E-state index < -0.39 is 22.6 Å².